The zero-order chi connectivity index (χ0) is 27.9. The van der Waals surface area contributed by atoms with Crippen LogP contribution in [0.2, 0.25) is 0 Å². The molecule has 0 radical (unpaired) electrons. The molecule has 2 atom stereocenters. The molecule has 2 heterocycles. The number of furan rings is 1. The summed E-state index contributed by atoms with van der Waals surface area (Å²) in [6.45, 7) is 10.3. The Balaban J connectivity index is 1.39. The number of aryl methyl sites for hydroxylation is 1. The highest BCUT2D eigenvalue weighted by molar-refractivity contribution is 6.00. The standard InChI is InChI=1S/C32H37N3O4/c1-20-28(24-11-7-8-12-26(24)33-20)29-25(31(29,2)3)18-27(36)35(19-23-10-9-17-39-23)32(4,5)30(37)34-21-13-15-22(38-6)16-14-21/h7-17,25,29,33H,18-19H2,1-6H3,(H,34,37). The average molecular weight is 528 g/mol. The Bertz CT molecular complexity index is 1480. The molecule has 0 bridgehead atoms. The number of methoxy groups -OCH3 is 1. The zero-order valence-electron chi connectivity index (χ0n) is 23.5. The number of rotatable bonds is 9. The van der Waals surface area contributed by atoms with Crippen molar-refractivity contribution in [3.63, 3.8) is 0 Å². The highest BCUT2D eigenvalue weighted by Gasteiger charge is 2.60. The van der Waals surface area contributed by atoms with Gasteiger partial charge in [0.15, 0.2) is 0 Å². The number of nitrogens with zero attached hydrogens (tertiary/aromatic N) is 1. The van der Waals surface area contributed by atoms with Gasteiger partial charge >= 0.3 is 0 Å². The number of aromatic amines is 1. The number of carbonyl (C=O) groups excluding carboxylic acids is 2. The van der Waals surface area contributed by atoms with Gasteiger partial charge in [0.1, 0.15) is 17.0 Å². The van der Waals surface area contributed by atoms with E-state index < -0.39 is 5.54 Å². The van der Waals surface area contributed by atoms with Gasteiger partial charge in [-0.15, -0.1) is 0 Å². The number of aromatic nitrogens is 1. The van der Waals surface area contributed by atoms with Gasteiger partial charge in [-0.25, -0.2) is 0 Å². The van der Waals surface area contributed by atoms with Gasteiger partial charge in [-0.3, -0.25) is 9.59 Å². The van der Waals surface area contributed by atoms with Gasteiger partial charge in [-0.05, 0) is 86.1 Å². The third-order valence-corrected chi connectivity index (χ3v) is 8.47. The van der Waals surface area contributed by atoms with Crippen LogP contribution in [0.15, 0.2) is 71.3 Å². The lowest BCUT2D eigenvalue weighted by Crippen LogP contribution is -2.54. The molecular formula is C32H37N3O4. The molecule has 39 heavy (non-hydrogen) atoms. The van der Waals surface area contributed by atoms with E-state index in [9.17, 15) is 9.59 Å². The number of anilines is 1. The zero-order valence-corrected chi connectivity index (χ0v) is 23.5. The van der Waals surface area contributed by atoms with E-state index >= 15 is 0 Å². The Morgan fingerprint density at radius 1 is 1.08 bits per heavy atom. The highest BCUT2D eigenvalue weighted by Crippen LogP contribution is 2.67. The van der Waals surface area contributed by atoms with E-state index in [0.29, 0.717) is 23.6 Å². The summed E-state index contributed by atoms with van der Waals surface area (Å²) in [7, 11) is 1.60. The smallest absolute Gasteiger partial charge is 0.249 e. The first kappa shape index (κ1) is 26.6. The molecule has 2 amide bonds. The van der Waals surface area contributed by atoms with Crippen LogP contribution < -0.4 is 10.1 Å². The summed E-state index contributed by atoms with van der Waals surface area (Å²) >= 11 is 0. The molecule has 1 fully saturated rings. The number of fused-ring (bicyclic) bond motifs is 1. The minimum Gasteiger partial charge on any atom is -0.497 e. The van der Waals surface area contributed by atoms with Crippen molar-refractivity contribution in [3.8, 4) is 5.75 Å². The molecule has 2 N–H and O–H groups in total. The van der Waals surface area contributed by atoms with Crippen LogP contribution in [0.3, 0.4) is 0 Å². The van der Waals surface area contributed by atoms with E-state index in [-0.39, 0.29) is 35.6 Å². The molecule has 7 heteroatoms. The number of benzene rings is 2. The predicted octanol–water partition coefficient (Wildman–Crippen LogP) is 6.65. The van der Waals surface area contributed by atoms with Crippen LogP contribution >= 0.6 is 0 Å². The SMILES string of the molecule is COc1ccc(NC(=O)C(C)(C)N(Cc2ccco2)C(=O)CC2C(c3c(C)[nH]c4ccccc34)C2(C)C)cc1. The second-order valence-corrected chi connectivity index (χ2v) is 11.6. The fourth-order valence-electron chi connectivity index (χ4n) is 5.93. The number of nitrogens with one attached hydrogen (secondary N) is 2. The topological polar surface area (TPSA) is 87.6 Å². The Kier molecular flexibility index (Phi) is 6.79. The summed E-state index contributed by atoms with van der Waals surface area (Å²) in [6.07, 6.45) is 1.93. The second kappa shape index (κ2) is 9.95. The van der Waals surface area contributed by atoms with Crippen LogP contribution in [0.25, 0.3) is 10.9 Å². The van der Waals surface area contributed by atoms with Crippen LogP contribution in [0.1, 0.15) is 57.1 Å². The molecule has 2 unspecified atom stereocenters. The molecule has 7 nitrogen and oxygen atoms in total. The summed E-state index contributed by atoms with van der Waals surface area (Å²) in [5.41, 5.74) is 3.02. The highest BCUT2D eigenvalue weighted by atomic mass is 16.5. The van der Waals surface area contributed by atoms with Crippen molar-refractivity contribution in [1.29, 1.82) is 0 Å². The first-order chi connectivity index (χ1) is 18.5. The van der Waals surface area contributed by atoms with Crippen molar-refractivity contribution >= 4 is 28.4 Å². The molecule has 0 spiro atoms. The van der Waals surface area contributed by atoms with Crippen molar-refractivity contribution in [1.82, 2.24) is 9.88 Å². The number of H-pyrrole nitrogens is 1. The van der Waals surface area contributed by atoms with Crippen molar-refractivity contribution < 1.29 is 18.7 Å². The molecule has 1 aliphatic rings. The molecule has 1 saturated carbocycles. The summed E-state index contributed by atoms with van der Waals surface area (Å²) in [6, 6.07) is 19.1. The van der Waals surface area contributed by atoms with Crippen molar-refractivity contribution in [2.24, 2.45) is 11.3 Å². The first-order valence-corrected chi connectivity index (χ1v) is 13.4. The molecular weight excluding hydrogens is 490 g/mol. The summed E-state index contributed by atoms with van der Waals surface area (Å²) in [5, 5.41) is 4.19. The number of ether oxygens (including phenoxy) is 1. The van der Waals surface area contributed by atoms with Gasteiger partial charge in [-0.2, -0.15) is 0 Å². The van der Waals surface area contributed by atoms with E-state index in [1.165, 1.54) is 10.9 Å². The van der Waals surface area contributed by atoms with Crippen molar-refractivity contribution in [2.75, 3.05) is 12.4 Å². The lowest BCUT2D eigenvalue weighted by molar-refractivity contribution is -0.145. The average Bonchev–Trinajstić information content (AvgIpc) is 3.28. The number of para-hydroxylation sites is 1. The Hall–Kier alpha value is -4.00. The van der Waals surface area contributed by atoms with E-state index in [2.05, 4.69) is 49.3 Å². The van der Waals surface area contributed by atoms with Crippen LogP contribution in [-0.2, 0) is 16.1 Å². The molecule has 1 aliphatic carbocycles. The second-order valence-electron chi connectivity index (χ2n) is 11.6. The maximum atomic E-state index is 14.0. The molecule has 2 aromatic carbocycles. The van der Waals surface area contributed by atoms with Gasteiger partial charge in [0.25, 0.3) is 0 Å². The number of carbonyl (C=O) groups is 2. The predicted molar refractivity (Wildman–Crippen MR) is 153 cm³/mol. The Morgan fingerprint density at radius 3 is 2.46 bits per heavy atom. The summed E-state index contributed by atoms with van der Waals surface area (Å²) in [5.74, 6) is 1.40. The van der Waals surface area contributed by atoms with Crippen LogP contribution in [0.5, 0.6) is 5.75 Å². The fourth-order valence-corrected chi connectivity index (χ4v) is 5.93. The molecule has 204 valence electrons. The van der Waals surface area contributed by atoms with E-state index in [4.69, 9.17) is 9.15 Å². The monoisotopic (exact) mass is 527 g/mol. The first-order valence-electron chi connectivity index (χ1n) is 13.4. The van der Waals surface area contributed by atoms with Crippen LogP contribution in [-0.4, -0.2) is 34.3 Å². The minimum absolute atomic E-state index is 0.0444. The quantitative estimate of drug-likeness (QED) is 0.255. The third kappa shape index (κ3) is 4.93. The van der Waals surface area contributed by atoms with Crippen molar-refractivity contribution in [3.05, 3.63) is 83.9 Å². The maximum Gasteiger partial charge on any atom is 0.249 e. The van der Waals surface area contributed by atoms with E-state index in [1.807, 2.05) is 12.1 Å². The maximum absolute atomic E-state index is 14.0. The molecule has 5 rings (SSSR count). The van der Waals surface area contributed by atoms with Gasteiger partial charge in [0, 0.05) is 28.7 Å². The molecule has 0 saturated heterocycles. The number of hydrogen-bond donors (Lipinski definition) is 2. The fraction of sp³-hybridized carbons (Fsp3) is 0.375. The number of hydrogen-bond acceptors (Lipinski definition) is 4. The van der Waals surface area contributed by atoms with E-state index in [0.717, 1.165) is 11.2 Å². The summed E-state index contributed by atoms with van der Waals surface area (Å²) < 4.78 is 10.8. The third-order valence-electron chi connectivity index (χ3n) is 8.47. The Morgan fingerprint density at radius 2 is 1.79 bits per heavy atom. The lowest BCUT2D eigenvalue weighted by Gasteiger charge is -2.37. The van der Waals surface area contributed by atoms with E-state index in [1.54, 1.807) is 62.5 Å². The minimum atomic E-state index is -1.13. The van der Waals surface area contributed by atoms with Crippen LogP contribution in [0, 0.1) is 18.3 Å². The number of amides is 2. The normalized spacial score (nSPS) is 18.1. The molecule has 0 aliphatic heterocycles. The lowest BCUT2D eigenvalue weighted by atomic mass is 9.98. The largest absolute Gasteiger partial charge is 0.497 e. The van der Waals surface area contributed by atoms with Crippen molar-refractivity contribution in [2.45, 2.75) is 59.0 Å². The molecule has 4 aromatic rings. The van der Waals surface area contributed by atoms with Crippen LogP contribution in [0.4, 0.5) is 5.69 Å². The summed E-state index contributed by atoms with van der Waals surface area (Å²) in [4.78, 5) is 32.8. The van der Waals surface area contributed by atoms with Gasteiger partial charge < -0.3 is 24.4 Å². The van der Waals surface area contributed by atoms with Gasteiger partial charge in [0.2, 0.25) is 11.8 Å². The van der Waals surface area contributed by atoms with Gasteiger partial charge in [-0.1, -0.05) is 32.0 Å². The Labute approximate surface area is 229 Å². The molecule has 2 aromatic heterocycles. The van der Waals surface area contributed by atoms with Gasteiger partial charge in [0.05, 0.1) is 19.9 Å².